The SMILES string of the molecule is CN=C(NCC1CCCOC1c1ccc(C)cc1)N1CCC(COCCOC)C1. The molecule has 0 amide bonds. The highest BCUT2D eigenvalue weighted by atomic mass is 16.5. The van der Waals surface area contributed by atoms with Crippen LogP contribution in [0.5, 0.6) is 0 Å². The summed E-state index contributed by atoms with van der Waals surface area (Å²) in [6.45, 7) is 8.00. The van der Waals surface area contributed by atoms with Gasteiger partial charge in [-0.05, 0) is 31.7 Å². The molecule has 0 saturated carbocycles. The molecule has 29 heavy (non-hydrogen) atoms. The smallest absolute Gasteiger partial charge is 0.193 e. The normalized spacial score (nSPS) is 25.4. The Kier molecular flexibility index (Phi) is 8.77. The highest BCUT2D eigenvalue weighted by molar-refractivity contribution is 5.80. The van der Waals surface area contributed by atoms with Gasteiger partial charge in [0.15, 0.2) is 5.96 Å². The van der Waals surface area contributed by atoms with Crippen LogP contribution in [0.2, 0.25) is 0 Å². The molecule has 3 atom stereocenters. The Morgan fingerprint density at radius 1 is 1.24 bits per heavy atom. The monoisotopic (exact) mass is 403 g/mol. The first-order chi connectivity index (χ1) is 14.2. The standard InChI is InChI=1S/C23H37N3O3/c1-18-6-8-20(9-7-18)22-21(5-4-12-29-22)15-25-23(24-2)26-11-10-19(16-26)17-28-14-13-27-3/h6-9,19,21-22H,4-5,10-17H2,1-3H3,(H,24,25). The first-order valence-corrected chi connectivity index (χ1v) is 10.9. The minimum atomic E-state index is 0.162. The van der Waals surface area contributed by atoms with E-state index in [1.54, 1.807) is 7.11 Å². The second kappa shape index (κ2) is 11.5. The molecule has 162 valence electrons. The molecule has 3 unspecified atom stereocenters. The number of aliphatic imine (C=N–C) groups is 1. The highest BCUT2D eigenvalue weighted by Crippen LogP contribution is 2.33. The highest BCUT2D eigenvalue weighted by Gasteiger charge is 2.29. The molecule has 6 nitrogen and oxygen atoms in total. The Bertz CT molecular complexity index is 635. The van der Waals surface area contributed by atoms with Gasteiger partial charge in [-0.15, -0.1) is 0 Å². The fourth-order valence-electron chi connectivity index (χ4n) is 4.28. The Labute approximate surface area is 175 Å². The van der Waals surface area contributed by atoms with Crippen LogP contribution in [0, 0.1) is 18.8 Å². The van der Waals surface area contributed by atoms with Gasteiger partial charge < -0.3 is 24.4 Å². The van der Waals surface area contributed by atoms with Crippen LogP contribution in [0.4, 0.5) is 0 Å². The number of nitrogens with zero attached hydrogens (tertiary/aromatic N) is 2. The summed E-state index contributed by atoms with van der Waals surface area (Å²) < 4.78 is 16.9. The summed E-state index contributed by atoms with van der Waals surface area (Å²) in [6.07, 6.45) is 3.61. The summed E-state index contributed by atoms with van der Waals surface area (Å²) >= 11 is 0. The van der Waals surface area contributed by atoms with Gasteiger partial charge in [-0.1, -0.05) is 29.8 Å². The first kappa shape index (κ1) is 22.1. The average Bonchev–Trinajstić information content (AvgIpc) is 3.21. The lowest BCUT2D eigenvalue weighted by atomic mass is 9.89. The zero-order chi connectivity index (χ0) is 20.5. The largest absolute Gasteiger partial charge is 0.382 e. The summed E-state index contributed by atoms with van der Waals surface area (Å²) in [5, 5.41) is 3.62. The van der Waals surface area contributed by atoms with Crippen LogP contribution in [0.25, 0.3) is 0 Å². The van der Waals surface area contributed by atoms with E-state index in [-0.39, 0.29) is 6.10 Å². The molecule has 1 aromatic carbocycles. The van der Waals surface area contributed by atoms with Crippen LogP contribution < -0.4 is 5.32 Å². The van der Waals surface area contributed by atoms with Crippen LogP contribution in [0.3, 0.4) is 0 Å². The van der Waals surface area contributed by atoms with E-state index in [1.807, 2.05) is 7.05 Å². The Morgan fingerprint density at radius 2 is 2.07 bits per heavy atom. The maximum absolute atomic E-state index is 6.17. The number of aryl methyl sites for hydroxylation is 1. The van der Waals surface area contributed by atoms with Crippen molar-refractivity contribution in [3.8, 4) is 0 Å². The second-order valence-corrected chi connectivity index (χ2v) is 8.20. The van der Waals surface area contributed by atoms with Crippen molar-refractivity contribution < 1.29 is 14.2 Å². The van der Waals surface area contributed by atoms with Crippen molar-refractivity contribution in [1.82, 2.24) is 10.2 Å². The lowest BCUT2D eigenvalue weighted by Crippen LogP contribution is -2.43. The topological polar surface area (TPSA) is 55.3 Å². The van der Waals surface area contributed by atoms with E-state index >= 15 is 0 Å². The molecule has 1 aromatic rings. The van der Waals surface area contributed by atoms with Gasteiger partial charge in [0.25, 0.3) is 0 Å². The fourth-order valence-corrected chi connectivity index (χ4v) is 4.28. The number of methoxy groups -OCH3 is 1. The van der Waals surface area contributed by atoms with Crippen molar-refractivity contribution >= 4 is 5.96 Å². The molecule has 0 spiro atoms. The van der Waals surface area contributed by atoms with Crippen LogP contribution in [-0.4, -0.2) is 71.1 Å². The van der Waals surface area contributed by atoms with Gasteiger partial charge in [0, 0.05) is 52.2 Å². The third-order valence-corrected chi connectivity index (χ3v) is 5.96. The molecule has 0 radical (unpaired) electrons. The van der Waals surface area contributed by atoms with E-state index in [4.69, 9.17) is 14.2 Å². The van der Waals surface area contributed by atoms with E-state index in [0.717, 1.165) is 51.6 Å². The van der Waals surface area contributed by atoms with E-state index in [0.29, 0.717) is 25.0 Å². The third kappa shape index (κ3) is 6.43. The second-order valence-electron chi connectivity index (χ2n) is 8.20. The van der Waals surface area contributed by atoms with Gasteiger partial charge >= 0.3 is 0 Å². The molecule has 2 fully saturated rings. The number of rotatable bonds is 8. The number of guanidine groups is 1. The first-order valence-electron chi connectivity index (χ1n) is 10.9. The minimum Gasteiger partial charge on any atom is -0.382 e. The summed E-state index contributed by atoms with van der Waals surface area (Å²) in [6, 6.07) is 8.77. The summed E-state index contributed by atoms with van der Waals surface area (Å²) in [5.41, 5.74) is 2.57. The number of hydrogen-bond acceptors (Lipinski definition) is 4. The van der Waals surface area contributed by atoms with Crippen molar-refractivity contribution in [3.63, 3.8) is 0 Å². The molecule has 6 heteroatoms. The predicted octanol–water partition coefficient (Wildman–Crippen LogP) is 3.02. The number of likely N-dealkylation sites (tertiary alicyclic amines) is 1. The van der Waals surface area contributed by atoms with Crippen LogP contribution in [0.15, 0.2) is 29.3 Å². The van der Waals surface area contributed by atoms with Gasteiger partial charge in [-0.3, -0.25) is 4.99 Å². The van der Waals surface area contributed by atoms with Gasteiger partial charge in [0.05, 0.1) is 25.9 Å². The zero-order valence-corrected chi connectivity index (χ0v) is 18.2. The Morgan fingerprint density at radius 3 is 2.83 bits per heavy atom. The molecule has 2 aliphatic heterocycles. The minimum absolute atomic E-state index is 0.162. The van der Waals surface area contributed by atoms with E-state index in [1.165, 1.54) is 17.5 Å². The van der Waals surface area contributed by atoms with Crippen molar-refractivity contribution in [1.29, 1.82) is 0 Å². The molecule has 2 aliphatic rings. The summed E-state index contributed by atoms with van der Waals surface area (Å²) in [5.74, 6) is 2.01. The van der Waals surface area contributed by atoms with Crippen molar-refractivity contribution in [3.05, 3.63) is 35.4 Å². The van der Waals surface area contributed by atoms with Crippen molar-refractivity contribution in [2.24, 2.45) is 16.8 Å². The third-order valence-electron chi connectivity index (χ3n) is 5.96. The van der Waals surface area contributed by atoms with E-state index in [9.17, 15) is 0 Å². The molecule has 2 saturated heterocycles. The molecule has 0 aliphatic carbocycles. The quantitative estimate of drug-likeness (QED) is 0.411. The van der Waals surface area contributed by atoms with Gasteiger partial charge in [-0.25, -0.2) is 0 Å². The molecular formula is C23H37N3O3. The number of benzene rings is 1. The zero-order valence-electron chi connectivity index (χ0n) is 18.2. The van der Waals surface area contributed by atoms with Crippen LogP contribution in [-0.2, 0) is 14.2 Å². The van der Waals surface area contributed by atoms with Crippen LogP contribution >= 0.6 is 0 Å². The molecule has 3 rings (SSSR count). The predicted molar refractivity (Wildman–Crippen MR) is 116 cm³/mol. The Balaban J connectivity index is 1.50. The molecule has 0 bridgehead atoms. The fraction of sp³-hybridized carbons (Fsp3) is 0.696. The van der Waals surface area contributed by atoms with Crippen molar-refractivity contribution in [2.45, 2.75) is 32.3 Å². The lowest BCUT2D eigenvalue weighted by molar-refractivity contribution is -0.0266. The maximum atomic E-state index is 6.17. The molecule has 1 N–H and O–H groups in total. The molecule has 2 heterocycles. The number of nitrogens with one attached hydrogen (secondary N) is 1. The van der Waals surface area contributed by atoms with Gasteiger partial charge in [0.2, 0.25) is 0 Å². The lowest BCUT2D eigenvalue weighted by Gasteiger charge is -2.33. The number of hydrogen-bond donors (Lipinski definition) is 1. The van der Waals surface area contributed by atoms with Gasteiger partial charge in [-0.2, -0.15) is 0 Å². The van der Waals surface area contributed by atoms with Crippen molar-refractivity contribution in [2.75, 3.05) is 60.2 Å². The van der Waals surface area contributed by atoms with E-state index in [2.05, 4.69) is 46.4 Å². The summed E-state index contributed by atoms with van der Waals surface area (Å²) in [7, 11) is 3.58. The van der Waals surface area contributed by atoms with Crippen LogP contribution in [0.1, 0.15) is 36.5 Å². The Hall–Kier alpha value is -1.63. The number of ether oxygens (including phenoxy) is 3. The van der Waals surface area contributed by atoms with E-state index < -0.39 is 0 Å². The summed E-state index contributed by atoms with van der Waals surface area (Å²) in [4.78, 5) is 6.89. The maximum Gasteiger partial charge on any atom is 0.193 e. The average molecular weight is 404 g/mol. The molecular weight excluding hydrogens is 366 g/mol. The molecule has 0 aromatic heterocycles. The van der Waals surface area contributed by atoms with Gasteiger partial charge in [0.1, 0.15) is 0 Å².